The molecule has 4 aromatic carbocycles. The third kappa shape index (κ3) is 7.70. The summed E-state index contributed by atoms with van der Waals surface area (Å²) in [4.78, 5) is 29.1. The first-order chi connectivity index (χ1) is 18.9. The average Bonchev–Trinajstić information content (AvgIpc) is 2.95. The monoisotopic (exact) mass is 650 g/mol. The number of hydrogen-bond acceptors (Lipinski definition) is 3. The third-order valence-electron chi connectivity index (χ3n) is 6.69. The van der Waals surface area contributed by atoms with Crippen molar-refractivity contribution < 1.29 is 14.3 Å². The molecule has 0 fully saturated rings. The van der Waals surface area contributed by atoms with Crippen molar-refractivity contribution in [3.05, 3.63) is 111 Å². The second-order valence-electron chi connectivity index (χ2n) is 9.56. The Balaban J connectivity index is 1.64. The molecule has 1 N–H and O–H groups in total. The number of rotatable bonds is 11. The molecule has 4 aromatic rings. The minimum Gasteiger partial charge on any atom is -0.483 e. The van der Waals surface area contributed by atoms with Crippen LogP contribution in [0, 0.1) is 0 Å². The zero-order valence-electron chi connectivity index (χ0n) is 22.1. The van der Waals surface area contributed by atoms with E-state index >= 15 is 0 Å². The quantitative estimate of drug-likeness (QED) is 0.185. The molecule has 7 heteroatoms. The van der Waals surface area contributed by atoms with Crippen LogP contribution in [-0.2, 0) is 22.6 Å². The fraction of sp³-hybridized carbons (Fsp3) is 0.250. The largest absolute Gasteiger partial charge is 0.483 e. The Kier molecular flexibility index (Phi) is 10.2. The van der Waals surface area contributed by atoms with Crippen molar-refractivity contribution in [3.8, 4) is 5.75 Å². The second-order valence-corrected chi connectivity index (χ2v) is 11.3. The summed E-state index contributed by atoms with van der Waals surface area (Å²) in [5, 5.41) is 5.17. The predicted molar refractivity (Wildman–Crippen MR) is 164 cm³/mol. The van der Waals surface area contributed by atoms with Crippen LogP contribution in [-0.4, -0.2) is 35.4 Å². The van der Waals surface area contributed by atoms with Gasteiger partial charge in [-0.25, -0.2) is 0 Å². The highest BCUT2D eigenvalue weighted by Gasteiger charge is 2.31. The van der Waals surface area contributed by atoms with E-state index in [9.17, 15) is 9.59 Å². The lowest BCUT2D eigenvalue weighted by atomic mass is 10.0. The summed E-state index contributed by atoms with van der Waals surface area (Å²) in [6.45, 7) is 4.06. The molecule has 202 valence electrons. The maximum atomic E-state index is 13.9. The number of nitrogens with one attached hydrogen (secondary N) is 1. The Morgan fingerprint density at radius 2 is 1.62 bits per heavy atom. The van der Waals surface area contributed by atoms with Crippen molar-refractivity contribution in [1.29, 1.82) is 0 Å². The van der Waals surface area contributed by atoms with Gasteiger partial charge in [-0.1, -0.05) is 95.7 Å². The van der Waals surface area contributed by atoms with Gasteiger partial charge in [0.15, 0.2) is 6.61 Å². The lowest BCUT2D eigenvalue weighted by molar-refractivity contribution is -0.143. The molecular formula is C32H32Br2N2O3. The summed E-state index contributed by atoms with van der Waals surface area (Å²) in [5.74, 6) is 0.131. The SMILES string of the molecule is CC[C@H](C)NC(=O)[C@H](Cc1ccccc1)N(Cc1cccc(Br)c1)C(=O)COc1ccc2ccccc2c1Br. The second kappa shape index (κ2) is 13.8. The van der Waals surface area contributed by atoms with Crippen LogP contribution >= 0.6 is 31.9 Å². The van der Waals surface area contributed by atoms with Gasteiger partial charge in [0.1, 0.15) is 11.8 Å². The smallest absolute Gasteiger partial charge is 0.261 e. The van der Waals surface area contributed by atoms with Gasteiger partial charge in [-0.3, -0.25) is 9.59 Å². The van der Waals surface area contributed by atoms with E-state index in [2.05, 4.69) is 37.2 Å². The number of nitrogens with zero attached hydrogens (tertiary/aromatic N) is 1. The van der Waals surface area contributed by atoms with Crippen molar-refractivity contribution in [1.82, 2.24) is 10.2 Å². The summed E-state index contributed by atoms with van der Waals surface area (Å²) in [5.41, 5.74) is 1.89. The van der Waals surface area contributed by atoms with Gasteiger partial charge in [0, 0.05) is 23.5 Å². The fourth-order valence-electron chi connectivity index (χ4n) is 4.37. The number of halogens is 2. The Hall–Kier alpha value is -3.16. The maximum Gasteiger partial charge on any atom is 0.261 e. The van der Waals surface area contributed by atoms with Gasteiger partial charge in [0.25, 0.3) is 5.91 Å². The molecule has 39 heavy (non-hydrogen) atoms. The lowest BCUT2D eigenvalue weighted by Crippen LogP contribution is -2.53. The van der Waals surface area contributed by atoms with Crippen LogP contribution in [0.4, 0.5) is 0 Å². The number of fused-ring (bicyclic) bond motifs is 1. The van der Waals surface area contributed by atoms with Gasteiger partial charge in [0.05, 0.1) is 4.47 Å². The van der Waals surface area contributed by atoms with Crippen LogP contribution in [0.3, 0.4) is 0 Å². The zero-order chi connectivity index (χ0) is 27.8. The Labute approximate surface area is 246 Å². The van der Waals surface area contributed by atoms with Gasteiger partial charge in [-0.2, -0.15) is 0 Å². The first-order valence-corrected chi connectivity index (χ1v) is 14.6. The van der Waals surface area contributed by atoms with Crippen LogP contribution in [0.25, 0.3) is 10.8 Å². The molecule has 5 nitrogen and oxygen atoms in total. The van der Waals surface area contributed by atoms with Crippen LogP contribution in [0.2, 0.25) is 0 Å². The van der Waals surface area contributed by atoms with E-state index in [1.165, 1.54) is 0 Å². The first-order valence-electron chi connectivity index (χ1n) is 13.0. The van der Waals surface area contributed by atoms with Crippen molar-refractivity contribution >= 4 is 54.4 Å². The van der Waals surface area contributed by atoms with E-state index in [1.807, 2.05) is 105 Å². The molecule has 0 heterocycles. The summed E-state index contributed by atoms with van der Waals surface area (Å²) < 4.78 is 7.76. The van der Waals surface area contributed by atoms with E-state index in [-0.39, 0.29) is 31.0 Å². The number of ether oxygens (including phenoxy) is 1. The zero-order valence-corrected chi connectivity index (χ0v) is 25.2. The first kappa shape index (κ1) is 28.8. The molecule has 0 bridgehead atoms. The molecule has 0 aliphatic rings. The molecule has 2 atom stereocenters. The number of carbonyl (C=O) groups is 2. The van der Waals surface area contributed by atoms with Crippen LogP contribution in [0.5, 0.6) is 5.75 Å². The van der Waals surface area contributed by atoms with E-state index < -0.39 is 6.04 Å². The van der Waals surface area contributed by atoms with Gasteiger partial charge in [-0.05, 0) is 69.4 Å². The summed E-state index contributed by atoms with van der Waals surface area (Å²) in [7, 11) is 0. The predicted octanol–water partition coefficient (Wildman–Crippen LogP) is 7.30. The third-order valence-corrected chi connectivity index (χ3v) is 8.00. The summed E-state index contributed by atoms with van der Waals surface area (Å²) in [6.07, 6.45) is 1.19. The van der Waals surface area contributed by atoms with Crippen molar-refractivity contribution in [2.75, 3.05) is 6.61 Å². The van der Waals surface area contributed by atoms with Gasteiger partial charge in [-0.15, -0.1) is 0 Å². The normalized spacial score (nSPS) is 12.5. The molecule has 0 saturated heterocycles. The molecule has 0 aliphatic carbocycles. The number of amides is 2. The van der Waals surface area contributed by atoms with Crippen molar-refractivity contribution in [2.45, 2.75) is 45.3 Å². The van der Waals surface area contributed by atoms with E-state index in [1.54, 1.807) is 4.90 Å². The van der Waals surface area contributed by atoms with Crippen LogP contribution in [0.15, 0.2) is 99.9 Å². The Morgan fingerprint density at radius 3 is 2.36 bits per heavy atom. The molecule has 0 aliphatic heterocycles. The highest BCUT2D eigenvalue weighted by atomic mass is 79.9. The molecule has 0 radical (unpaired) electrons. The van der Waals surface area contributed by atoms with Crippen LogP contribution < -0.4 is 10.1 Å². The van der Waals surface area contributed by atoms with E-state index in [4.69, 9.17) is 4.74 Å². The van der Waals surface area contributed by atoms with Crippen molar-refractivity contribution in [2.24, 2.45) is 0 Å². The molecule has 4 rings (SSSR count). The molecule has 0 unspecified atom stereocenters. The minimum absolute atomic E-state index is 0.0107. The van der Waals surface area contributed by atoms with Gasteiger partial charge in [0.2, 0.25) is 5.91 Å². The molecule has 0 aromatic heterocycles. The molecule has 0 spiro atoms. The minimum atomic E-state index is -0.712. The van der Waals surface area contributed by atoms with Gasteiger partial charge >= 0.3 is 0 Å². The highest BCUT2D eigenvalue weighted by Crippen LogP contribution is 2.33. The highest BCUT2D eigenvalue weighted by molar-refractivity contribution is 9.11. The Bertz CT molecular complexity index is 1430. The molecule has 0 saturated carbocycles. The number of hydrogen-bond donors (Lipinski definition) is 1. The standard InChI is InChI=1S/C32H32Br2N2O3/c1-3-22(2)35-32(38)28(19-23-10-5-4-6-11-23)36(20-24-12-9-14-26(33)18-24)30(37)21-39-29-17-16-25-13-7-8-15-27(25)31(29)34/h4-18,22,28H,3,19-21H2,1-2H3,(H,35,38)/t22-,28-/m0/s1. The lowest BCUT2D eigenvalue weighted by Gasteiger charge is -2.32. The van der Waals surface area contributed by atoms with E-state index in [0.29, 0.717) is 12.2 Å². The summed E-state index contributed by atoms with van der Waals surface area (Å²) in [6, 6.07) is 28.7. The van der Waals surface area contributed by atoms with Gasteiger partial charge < -0.3 is 15.0 Å². The molecule has 2 amide bonds. The fourth-order valence-corrected chi connectivity index (χ4v) is 5.43. The number of carbonyl (C=O) groups excluding carboxylic acids is 2. The summed E-state index contributed by atoms with van der Waals surface area (Å²) >= 11 is 7.17. The van der Waals surface area contributed by atoms with Crippen LogP contribution in [0.1, 0.15) is 31.4 Å². The average molecular weight is 652 g/mol. The topological polar surface area (TPSA) is 58.6 Å². The Morgan fingerprint density at radius 1 is 0.897 bits per heavy atom. The number of benzene rings is 4. The molecular weight excluding hydrogens is 620 g/mol. The maximum absolute atomic E-state index is 13.9. The van der Waals surface area contributed by atoms with E-state index in [0.717, 1.165) is 37.3 Å². The van der Waals surface area contributed by atoms with Crippen molar-refractivity contribution in [3.63, 3.8) is 0 Å².